The maximum atomic E-state index is 10.4. The highest BCUT2D eigenvalue weighted by Crippen LogP contribution is 1.94. The van der Waals surface area contributed by atoms with Crippen molar-refractivity contribution < 1.29 is 20.8 Å². The zero-order chi connectivity index (χ0) is 8.69. The second-order valence-electron chi connectivity index (χ2n) is 1.65. The van der Waals surface area contributed by atoms with E-state index in [1.165, 1.54) is 0 Å². The van der Waals surface area contributed by atoms with Gasteiger partial charge in [-0.25, -0.2) is 4.21 Å². The van der Waals surface area contributed by atoms with E-state index in [0.29, 0.717) is 0 Å². The minimum absolute atomic E-state index is 0.236. The predicted octanol–water partition coefficient (Wildman–Crippen LogP) is 0.193. The Morgan fingerprint density at radius 3 is 2.55 bits per heavy atom. The molecule has 0 aromatic rings. The molecular weight excluding hydrogens is 192 g/mol. The molecule has 0 aromatic heterocycles. The quantitative estimate of drug-likeness (QED) is 0.453. The van der Waals surface area contributed by atoms with Crippen molar-refractivity contribution in [3.63, 3.8) is 0 Å². The topological polar surface area (TPSA) is 75.7 Å². The van der Waals surface area contributed by atoms with Gasteiger partial charge in [0.05, 0.1) is 6.61 Å². The third-order valence-electron chi connectivity index (χ3n) is 0.789. The van der Waals surface area contributed by atoms with E-state index in [4.69, 9.17) is 0 Å². The summed E-state index contributed by atoms with van der Waals surface area (Å²) < 4.78 is 38.1. The van der Waals surface area contributed by atoms with Gasteiger partial charge >= 0.3 is 11.4 Å². The van der Waals surface area contributed by atoms with E-state index in [1.54, 1.807) is 0 Å². The molecule has 0 aliphatic carbocycles. The summed E-state index contributed by atoms with van der Waals surface area (Å²) in [4.78, 5) is 0. The highest BCUT2D eigenvalue weighted by molar-refractivity contribution is 7.88. The van der Waals surface area contributed by atoms with Crippen LogP contribution >= 0.6 is 0 Å². The highest BCUT2D eigenvalue weighted by atomic mass is 32.3. The molecule has 0 aromatic carbocycles. The van der Waals surface area contributed by atoms with Gasteiger partial charge in [0.25, 0.3) is 0 Å². The van der Waals surface area contributed by atoms with Crippen LogP contribution in [-0.2, 0) is 30.5 Å². The molecule has 0 N–H and O–H groups in total. The van der Waals surface area contributed by atoms with E-state index in [0.717, 1.165) is 12.8 Å². The molecule has 7 heteroatoms. The van der Waals surface area contributed by atoms with Crippen molar-refractivity contribution in [2.24, 2.45) is 0 Å². The van der Waals surface area contributed by atoms with Crippen LogP contribution in [0.3, 0.4) is 0 Å². The van der Waals surface area contributed by atoms with E-state index in [2.05, 4.69) is 7.81 Å². The summed E-state index contributed by atoms with van der Waals surface area (Å²) in [6.45, 7) is 2.17. The number of rotatable bonds is 6. The second kappa shape index (κ2) is 6.86. The van der Waals surface area contributed by atoms with E-state index in [9.17, 15) is 13.0 Å². The molecule has 0 amide bonds. The normalized spacial score (nSPS) is 16.2. The number of hydrogen-bond donors (Lipinski definition) is 0. The van der Waals surface area contributed by atoms with Crippen LogP contribution in [-0.4, -0.2) is 19.6 Å². The van der Waals surface area contributed by atoms with Gasteiger partial charge in [-0.3, -0.25) is 4.18 Å². The average Bonchev–Trinajstić information content (AvgIpc) is 1.86. The van der Waals surface area contributed by atoms with Gasteiger partial charge in [0.2, 0.25) is 0 Å². The Kier molecular flexibility index (Phi) is 6.98. The summed E-state index contributed by atoms with van der Waals surface area (Å²) in [6, 6.07) is 0. The van der Waals surface area contributed by atoms with E-state index in [1.807, 2.05) is 6.92 Å². The zero-order valence-corrected chi connectivity index (χ0v) is 7.61. The molecule has 0 saturated carbocycles. The summed E-state index contributed by atoms with van der Waals surface area (Å²) in [6.07, 6.45) is 1.61. The molecule has 0 radical (unpaired) electrons. The van der Waals surface area contributed by atoms with Crippen molar-refractivity contribution in [2.75, 3.05) is 6.61 Å². The molecule has 2 unspecified atom stereocenters. The summed E-state index contributed by atoms with van der Waals surface area (Å²) in [5, 5.41) is 0. The first-order chi connectivity index (χ1) is 5.16. The molecule has 0 bridgehead atoms. The zero-order valence-electron chi connectivity index (χ0n) is 5.98. The minimum Gasteiger partial charge on any atom is -0.749 e. The molecule has 0 aliphatic rings. The summed E-state index contributed by atoms with van der Waals surface area (Å²) in [5.74, 6) is 0. The van der Waals surface area contributed by atoms with Crippen LogP contribution < -0.4 is 0 Å². The smallest absolute Gasteiger partial charge is 0.317 e. The fraction of sp³-hybridized carbons (Fsp3) is 1.00. The van der Waals surface area contributed by atoms with Crippen LogP contribution in [0.1, 0.15) is 19.8 Å². The van der Waals surface area contributed by atoms with Gasteiger partial charge in [-0.2, -0.15) is 7.84 Å². The lowest BCUT2D eigenvalue weighted by Gasteiger charge is -2.03. The maximum Gasteiger partial charge on any atom is 0.317 e. The molecule has 0 aliphatic heterocycles. The van der Waals surface area contributed by atoms with Crippen LogP contribution in [0.25, 0.3) is 0 Å². The molecule has 5 nitrogen and oxygen atoms in total. The summed E-state index contributed by atoms with van der Waals surface area (Å²) >= 11 is -4.94. The van der Waals surface area contributed by atoms with Crippen molar-refractivity contribution in [1.29, 1.82) is 0 Å². The van der Waals surface area contributed by atoms with Gasteiger partial charge in [0.1, 0.15) is 11.4 Å². The maximum absolute atomic E-state index is 10.4. The third kappa shape index (κ3) is 8.08. The molecule has 0 saturated heterocycles. The average molecular weight is 201 g/mol. The fourth-order valence-electron chi connectivity index (χ4n) is 0.336. The molecule has 2 atom stereocenters. The van der Waals surface area contributed by atoms with Crippen molar-refractivity contribution in [3.8, 4) is 0 Å². The summed E-state index contributed by atoms with van der Waals surface area (Å²) in [7, 11) is 0. The first-order valence-corrected chi connectivity index (χ1v) is 5.00. The first-order valence-electron chi connectivity index (χ1n) is 3.00. The van der Waals surface area contributed by atoms with Crippen molar-refractivity contribution >= 4 is 22.7 Å². The second-order valence-corrected chi connectivity index (χ2v) is 3.25. The molecule has 0 spiro atoms. The third-order valence-corrected chi connectivity index (χ3v) is 2.04. The Balaban J connectivity index is 3.30. The Morgan fingerprint density at radius 1 is 1.45 bits per heavy atom. The molecule has 0 heterocycles. The first kappa shape index (κ1) is 11.2. The van der Waals surface area contributed by atoms with Gasteiger partial charge in [-0.05, 0) is 6.42 Å². The van der Waals surface area contributed by atoms with Crippen molar-refractivity contribution in [2.45, 2.75) is 19.8 Å². The Bertz CT molecular complexity index is 147. The fourth-order valence-corrected chi connectivity index (χ4v) is 1.11. The summed E-state index contributed by atoms with van der Waals surface area (Å²) in [5.41, 5.74) is 0. The SMILES string of the molecule is CCCCOS(=O)OS(=O)[O-]. The van der Waals surface area contributed by atoms with Crippen molar-refractivity contribution in [3.05, 3.63) is 0 Å². The Morgan fingerprint density at radius 2 is 2.09 bits per heavy atom. The monoisotopic (exact) mass is 201 g/mol. The van der Waals surface area contributed by atoms with Gasteiger partial charge in [-0.15, -0.1) is 0 Å². The lowest BCUT2D eigenvalue weighted by molar-refractivity contribution is 0.301. The molecule has 11 heavy (non-hydrogen) atoms. The van der Waals surface area contributed by atoms with E-state index >= 15 is 0 Å². The largest absolute Gasteiger partial charge is 0.749 e. The van der Waals surface area contributed by atoms with Gasteiger partial charge in [0.15, 0.2) is 0 Å². The van der Waals surface area contributed by atoms with E-state index in [-0.39, 0.29) is 6.61 Å². The molecule has 68 valence electrons. The lowest BCUT2D eigenvalue weighted by atomic mass is 10.4. The molecule has 0 rings (SSSR count). The predicted molar refractivity (Wildman–Crippen MR) is 39.0 cm³/mol. The molecule has 0 fully saturated rings. The lowest BCUT2D eigenvalue weighted by Crippen LogP contribution is -2.05. The van der Waals surface area contributed by atoms with Gasteiger partial charge < -0.3 is 4.55 Å². The Hall–Kier alpha value is 0.180. The highest BCUT2D eigenvalue weighted by Gasteiger charge is 1.99. The van der Waals surface area contributed by atoms with Crippen LogP contribution in [0.2, 0.25) is 0 Å². The minimum atomic E-state index is -2.78. The van der Waals surface area contributed by atoms with Crippen LogP contribution in [0, 0.1) is 0 Å². The van der Waals surface area contributed by atoms with Crippen molar-refractivity contribution in [1.82, 2.24) is 0 Å². The van der Waals surface area contributed by atoms with Crippen LogP contribution in [0.4, 0.5) is 0 Å². The molecular formula is C4H9O5S2-. The number of unbranched alkanes of at least 4 members (excludes halogenated alkanes) is 1. The van der Waals surface area contributed by atoms with Gasteiger partial charge in [0, 0.05) is 0 Å². The Labute approximate surface area is 70.4 Å². The van der Waals surface area contributed by atoms with E-state index < -0.39 is 22.7 Å². The van der Waals surface area contributed by atoms with Gasteiger partial charge in [-0.1, -0.05) is 13.3 Å². The number of hydrogen-bond acceptors (Lipinski definition) is 5. The van der Waals surface area contributed by atoms with Crippen LogP contribution in [0.5, 0.6) is 0 Å². The van der Waals surface area contributed by atoms with Crippen LogP contribution in [0.15, 0.2) is 0 Å². The standard InChI is InChI=1S/C4H10O5S2/c1-2-3-4-8-11(7)9-10(5)6/h2-4H2,1H3,(H,5,6)/p-1.